The molecule has 0 bridgehead atoms. The lowest BCUT2D eigenvalue weighted by molar-refractivity contribution is -0.137. The van der Waals surface area contributed by atoms with E-state index in [4.69, 9.17) is 0 Å². The molecule has 0 aromatic heterocycles. The third-order valence-corrected chi connectivity index (χ3v) is 7.22. The highest BCUT2D eigenvalue weighted by Gasteiger charge is 2.31. The average molecular weight is 448 g/mol. The summed E-state index contributed by atoms with van der Waals surface area (Å²) in [6.07, 6.45) is 6.46. The monoisotopic (exact) mass is 447 g/mol. The summed E-state index contributed by atoms with van der Waals surface area (Å²) >= 11 is 0. The SMILES string of the molecule is CN(C(=O)CN1CCC(C(=O)N2CCCCCC2)CC1)C(c1ccccc1)c1ccccc1. The molecule has 0 N–H and O–H groups in total. The lowest BCUT2D eigenvalue weighted by atomic mass is 9.94. The maximum absolute atomic E-state index is 13.3. The zero-order valence-corrected chi connectivity index (χ0v) is 19.9. The van der Waals surface area contributed by atoms with Gasteiger partial charge < -0.3 is 9.80 Å². The van der Waals surface area contributed by atoms with Gasteiger partial charge in [0.2, 0.25) is 11.8 Å². The van der Waals surface area contributed by atoms with Crippen LogP contribution >= 0.6 is 0 Å². The van der Waals surface area contributed by atoms with E-state index in [1.54, 1.807) is 0 Å². The van der Waals surface area contributed by atoms with Gasteiger partial charge in [0.1, 0.15) is 0 Å². The quantitative estimate of drug-likeness (QED) is 0.661. The molecule has 2 aliphatic heterocycles. The Morgan fingerprint density at radius 2 is 1.33 bits per heavy atom. The minimum absolute atomic E-state index is 0.109. The highest BCUT2D eigenvalue weighted by atomic mass is 16.2. The molecule has 176 valence electrons. The van der Waals surface area contributed by atoms with Gasteiger partial charge in [0, 0.05) is 26.1 Å². The van der Waals surface area contributed by atoms with Gasteiger partial charge in [-0.15, -0.1) is 0 Å². The fourth-order valence-electron chi connectivity index (χ4n) is 5.24. The number of benzene rings is 2. The van der Waals surface area contributed by atoms with E-state index >= 15 is 0 Å². The molecule has 0 unspecified atom stereocenters. The Kier molecular flexibility index (Phi) is 8.16. The van der Waals surface area contributed by atoms with Gasteiger partial charge in [-0.1, -0.05) is 73.5 Å². The average Bonchev–Trinajstić information content (AvgIpc) is 3.15. The van der Waals surface area contributed by atoms with E-state index in [0.717, 1.165) is 63.0 Å². The molecule has 4 rings (SSSR count). The predicted molar refractivity (Wildman–Crippen MR) is 132 cm³/mol. The molecule has 2 amide bonds. The van der Waals surface area contributed by atoms with Crippen molar-refractivity contribution in [2.45, 2.75) is 44.6 Å². The van der Waals surface area contributed by atoms with Crippen molar-refractivity contribution in [1.82, 2.24) is 14.7 Å². The lowest BCUT2D eigenvalue weighted by Gasteiger charge is -2.35. The smallest absolute Gasteiger partial charge is 0.237 e. The molecule has 33 heavy (non-hydrogen) atoms. The van der Waals surface area contributed by atoms with Gasteiger partial charge in [0.15, 0.2) is 0 Å². The highest BCUT2D eigenvalue weighted by Crippen LogP contribution is 2.28. The molecular weight excluding hydrogens is 410 g/mol. The van der Waals surface area contributed by atoms with E-state index in [1.165, 1.54) is 12.8 Å². The fourth-order valence-corrected chi connectivity index (χ4v) is 5.24. The number of amides is 2. The number of rotatable bonds is 6. The fraction of sp³-hybridized carbons (Fsp3) is 0.500. The summed E-state index contributed by atoms with van der Waals surface area (Å²) in [5.74, 6) is 0.576. The summed E-state index contributed by atoms with van der Waals surface area (Å²) in [5, 5.41) is 0. The molecule has 2 aromatic rings. The Morgan fingerprint density at radius 1 is 0.818 bits per heavy atom. The second-order valence-corrected chi connectivity index (χ2v) is 9.52. The van der Waals surface area contributed by atoms with Crippen molar-refractivity contribution >= 4 is 11.8 Å². The summed E-state index contributed by atoms with van der Waals surface area (Å²) in [7, 11) is 1.91. The second kappa shape index (κ2) is 11.5. The van der Waals surface area contributed by atoms with Gasteiger partial charge in [0.25, 0.3) is 0 Å². The van der Waals surface area contributed by atoms with E-state index in [2.05, 4.69) is 34.1 Å². The van der Waals surface area contributed by atoms with Crippen molar-refractivity contribution in [3.63, 3.8) is 0 Å². The van der Waals surface area contributed by atoms with Crippen LogP contribution in [0.1, 0.15) is 55.7 Å². The molecule has 2 fully saturated rings. The number of likely N-dealkylation sites (tertiary alicyclic amines) is 2. The lowest BCUT2D eigenvalue weighted by Crippen LogP contribution is -2.46. The summed E-state index contributed by atoms with van der Waals surface area (Å²) in [5.41, 5.74) is 2.22. The third kappa shape index (κ3) is 6.02. The number of piperidine rings is 1. The molecule has 0 atom stereocenters. The minimum atomic E-state index is -0.109. The van der Waals surface area contributed by atoms with Crippen molar-refractivity contribution in [2.24, 2.45) is 5.92 Å². The van der Waals surface area contributed by atoms with E-state index in [-0.39, 0.29) is 17.9 Å². The molecule has 2 heterocycles. The molecule has 0 radical (unpaired) electrons. The van der Waals surface area contributed by atoms with Crippen molar-refractivity contribution in [3.8, 4) is 0 Å². The minimum Gasteiger partial charge on any atom is -0.342 e. The number of nitrogens with zero attached hydrogens (tertiary/aromatic N) is 3. The van der Waals surface area contributed by atoms with Crippen LogP contribution in [-0.2, 0) is 9.59 Å². The van der Waals surface area contributed by atoms with Crippen LogP contribution < -0.4 is 0 Å². The van der Waals surface area contributed by atoms with Gasteiger partial charge in [-0.05, 0) is 49.9 Å². The van der Waals surface area contributed by atoms with Crippen molar-refractivity contribution in [3.05, 3.63) is 71.8 Å². The van der Waals surface area contributed by atoms with Gasteiger partial charge in [0.05, 0.1) is 12.6 Å². The van der Waals surface area contributed by atoms with E-state index in [0.29, 0.717) is 12.5 Å². The molecule has 2 aromatic carbocycles. The van der Waals surface area contributed by atoms with Crippen molar-refractivity contribution in [2.75, 3.05) is 39.8 Å². The maximum atomic E-state index is 13.3. The number of hydrogen-bond acceptors (Lipinski definition) is 3. The Balaban J connectivity index is 1.35. The molecule has 5 heteroatoms. The summed E-state index contributed by atoms with van der Waals surface area (Å²) in [6, 6.07) is 20.3. The largest absolute Gasteiger partial charge is 0.342 e. The van der Waals surface area contributed by atoms with Crippen LogP contribution in [0.2, 0.25) is 0 Å². The van der Waals surface area contributed by atoms with Crippen molar-refractivity contribution in [1.29, 1.82) is 0 Å². The molecular formula is C28H37N3O2. The van der Waals surface area contributed by atoms with Gasteiger partial charge >= 0.3 is 0 Å². The van der Waals surface area contributed by atoms with Crippen LogP contribution in [0.4, 0.5) is 0 Å². The summed E-state index contributed by atoms with van der Waals surface area (Å²) in [4.78, 5) is 32.5. The maximum Gasteiger partial charge on any atom is 0.237 e. The zero-order chi connectivity index (χ0) is 23.0. The van der Waals surface area contributed by atoms with Gasteiger partial charge in [-0.3, -0.25) is 14.5 Å². The number of likely N-dealkylation sites (N-methyl/N-ethyl adjacent to an activating group) is 1. The first-order valence-corrected chi connectivity index (χ1v) is 12.5. The van der Waals surface area contributed by atoms with Crippen LogP contribution in [0, 0.1) is 5.92 Å². The first kappa shape index (κ1) is 23.5. The van der Waals surface area contributed by atoms with Gasteiger partial charge in [-0.2, -0.15) is 0 Å². The van der Waals surface area contributed by atoms with Crippen LogP contribution in [-0.4, -0.2) is 66.3 Å². The summed E-state index contributed by atoms with van der Waals surface area (Å²) < 4.78 is 0. The normalized spacial score (nSPS) is 18.2. The zero-order valence-electron chi connectivity index (χ0n) is 19.9. The Hall–Kier alpha value is -2.66. The first-order chi connectivity index (χ1) is 16.1. The van der Waals surface area contributed by atoms with Crippen LogP contribution in [0.25, 0.3) is 0 Å². The van der Waals surface area contributed by atoms with E-state index in [9.17, 15) is 9.59 Å². The Bertz CT molecular complexity index is 846. The number of carbonyl (C=O) groups excluding carboxylic acids is 2. The van der Waals surface area contributed by atoms with Crippen LogP contribution in [0.3, 0.4) is 0 Å². The molecule has 0 spiro atoms. The summed E-state index contributed by atoms with van der Waals surface area (Å²) in [6.45, 7) is 3.86. The third-order valence-electron chi connectivity index (χ3n) is 7.22. The first-order valence-electron chi connectivity index (χ1n) is 12.5. The topological polar surface area (TPSA) is 43.9 Å². The van der Waals surface area contributed by atoms with E-state index < -0.39 is 0 Å². The van der Waals surface area contributed by atoms with Crippen molar-refractivity contribution < 1.29 is 9.59 Å². The number of hydrogen-bond donors (Lipinski definition) is 0. The van der Waals surface area contributed by atoms with Crippen LogP contribution in [0.5, 0.6) is 0 Å². The van der Waals surface area contributed by atoms with Crippen LogP contribution in [0.15, 0.2) is 60.7 Å². The Labute approximate surface area is 198 Å². The second-order valence-electron chi connectivity index (χ2n) is 9.52. The molecule has 5 nitrogen and oxygen atoms in total. The highest BCUT2D eigenvalue weighted by molar-refractivity contribution is 5.80. The predicted octanol–water partition coefficient (Wildman–Crippen LogP) is 4.35. The Morgan fingerprint density at radius 3 is 1.85 bits per heavy atom. The molecule has 2 saturated heterocycles. The molecule has 0 aliphatic carbocycles. The standard InChI is InChI=1S/C28H37N3O2/c1-29(27(23-12-6-4-7-13-23)24-14-8-5-9-15-24)26(32)22-30-20-16-25(17-21-30)28(33)31-18-10-2-3-11-19-31/h4-9,12-15,25,27H,2-3,10-11,16-22H2,1H3. The molecule has 0 saturated carbocycles. The number of carbonyl (C=O) groups is 2. The van der Waals surface area contributed by atoms with Gasteiger partial charge in [-0.25, -0.2) is 0 Å². The van der Waals surface area contributed by atoms with E-state index in [1.807, 2.05) is 48.3 Å². The molecule has 2 aliphatic rings.